The van der Waals surface area contributed by atoms with E-state index in [1.807, 2.05) is 0 Å². The van der Waals surface area contributed by atoms with Crippen LogP contribution in [0.5, 0.6) is 0 Å². The summed E-state index contributed by atoms with van der Waals surface area (Å²) in [5, 5.41) is 17.9. The molecule has 30 heavy (non-hydrogen) atoms. The van der Waals surface area contributed by atoms with Crippen molar-refractivity contribution in [1.82, 2.24) is 9.80 Å². The van der Waals surface area contributed by atoms with Crippen LogP contribution in [0.1, 0.15) is 25.7 Å². The van der Waals surface area contributed by atoms with E-state index in [2.05, 4.69) is 9.80 Å². The van der Waals surface area contributed by atoms with Gasteiger partial charge in [-0.1, -0.05) is 0 Å². The maximum Gasteiger partial charge on any atom is 0.332 e. The number of carbonyl (C=O) groups excluding carboxylic acids is 1. The minimum atomic E-state index is -0.745. The third-order valence-electron chi connectivity index (χ3n) is 5.48. The number of carboxylic acids is 2. The molecule has 172 valence electrons. The molecule has 2 atom stereocenters. The number of nitrogens with zero attached hydrogens (tertiary/aromatic N) is 2. The van der Waals surface area contributed by atoms with Crippen LogP contribution in [-0.4, -0.2) is 110 Å². The number of aliphatic carboxylic acids is 2. The van der Waals surface area contributed by atoms with Crippen LogP contribution in [0.2, 0.25) is 0 Å². The van der Waals surface area contributed by atoms with Gasteiger partial charge < -0.3 is 34.2 Å². The molecule has 10 nitrogen and oxygen atoms in total. The summed E-state index contributed by atoms with van der Waals surface area (Å²) in [5.41, 5.74) is 0. The maximum absolute atomic E-state index is 11.6. The summed E-state index contributed by atoms with van der Waals surface area (Å²) in [7, 11) is 0. The topological polar surface area (TPSA) is 126 Å². The molecule has 0 amide bonds. The molecule has 2 N–H and O–H groups in total. The molecule has 0 aliphatic carbocycles. The summed E-state index contributed by atoms with van der Waals surface area (Å²) in [6.45, 7) is 5.78. The van der Waals surface area contributed by atoms with Crippen LogP contribution in [0.15, 0.2) is 0 Å². The lowest BCUT2D eigenvalue weighted by Crippen LogP contribution is -2.25. The number of rotatable bonds is 15. The average molecular weight is 430 g/mol. The summed E-state index contributed by atoms with van der Waals surface area (Å²) < 4.78 is 15.8. The Bertz CT molecular complexity index is 559. The fourth-order valence-corrected chi connectivity index (χ4v) is 3.76. The van der Waals surface area contributed by atoms with Crippen molar-refractivity contribution in [2.75, 3.05) is 72.3 Å². The summed E-state index contributed by atoms with van der Waals surface area (Å²) in [5.74, 6) is -2.41. The number of ether oxygens (including phenoxy) is 3. The normalized spacial score (nSPS) is 22.4. The third kappa shape index (κ3) is 9.38. The van der Waals surface area contributed by atoms with Gasteiger partial charge in [0.15, 0.2) is 0 Å². The fourth-order valence-electron chi connectivity index (χ4n) is 3.76. The standard InChI is InChI=1S/C20H34N2O8/c23-18(30-10-2-6-22-8-4-17(14-22)20(26)27)15-29-12-11-28-9-1-5-21-7-3-16(13-21)19(24)25/h16-17H,1-15H2,(H,24,25)(H,26,27). The molecule has 2 unspecified atom stereocenters. The number of likely N-dealkylation sites (tertiary alicyclic amines) is 2. The largest absolute Gasteiger partial charge is 0.481 e. The van der Waals surface area contributed by atoms with E-state index in [0.717, 1.165) is 32.6 Å². The van der Waals surface area contributed by atoms with Gasteiger partial charge >= 0.3 is 17.9 Å². The van der Waals surface area contributed by atoms with Crippen molar-refractivity contribution in [1.29, 1.82) is 0 Å². The highest BCUT2D eigenvalue weighted by atomic mass is 16.6. The molecule has 0 aromatic heterocycles. The number of hydrogen-bond acceptors (Lipinski definition) is 8. The minimum Gasteiger partial charge on any atom is -0.481 e. The lowest BCUT2D eigenvalue weighted by atomic mass is 10.1. The number of carboxylic acid groups (broad SMARTS) is 2. The monoisotopic (exact) mass is 430 g/mol. The third-order valence-corrected chi connectivity index (χ3v) is 5.48. The molecule has 0 aromatic carbocycles. The van der Waals surface area contributed by atoms with Crippen LogP contribution in [0, 0.1) is 11.8 Å². The van der Waals surface area contributed by atoms with Crippen molar-refractivity contribution in [2.24, 2.45) is 11.8 Å². The van der Waals surface area contributed by atoms with Gasteiger partial charge in [0.25, 0.3) is 0 Å². The number of carbonyl (C=O) groups is 3. The van der Waals surface area contributed by atoms with Gasteiger partial charge in [-0.3, -0.25) is 9.59 Å². The highest BCUT2D eigenvalue weighted by Crippen LogP contribution is 2.17. The van der Waals surface area contributed by atoms with Crippen LogP contribution in [0.4, 0.5) is 0 Å². The van der Waals surface area contributed by atoms with Crippen LogP contribution in [-0.2, 0) is 28.6 Å². The second kappa shape index (κ2) is 13.5. The van der Waals surface area contributed by atoms with E-state index in [1.165, 1.54) is 0 Å². The zero-order chi connectivity index (χ0) is 21.8. The van der Waals surface area contributed by atoms with Gasteiger partial charge in [0.05, 0.1) is 31.7 Å². The zero-order valence-corrected chi connectivity index (χ0v) is 17.5. The number of esters is 1. The molecule has 0 aromatic rings. The molecular weight excluding hydrogens is 396 g/mol. The second-order valence-corrected chi connectivity index (χ2v) is 7.84. The van der Waals surface area contributed by atoms with Crippen LogP contribution < -0.4 is 0 Å². The molecule has 2 heterocycles. The van der Waals surface area contributed by atoms with Gasteiger partial charge in [0, 0.05) is 32.8 Å². The van der Waals surface area contributed by atoms with Crippen molar-refractivity contribution in [2.45, 2.75) is 25.7 Å². The molecule has 2 aliphatic heterocycles. The first-order valence-electron chi connectivity index (χ1n) is 10.7. The van der Waals surface area contributed by atoms with Crippen molar-refractivity contribution < 1.29 is 38.8 Å². The summed E-state index contributed by atoms with van der Waals surface area (Å²) in [6, 6.07) is 0. The lowest BCUT2D eigenvalue weighted by Gasteiger charge is -2.15. The Balaban J connectivity index is 1.34. The van der Waals surface area contributed by atoms with E-state index in [1.54, 1.807) is 0 Å². The molecule has 0 saturated carbocycles. The highest BCUT2D eigenvalue weighted by Gasteiger charge is 2.28. The van der Waals surface area contributed by atoms with Gasteiger partial charge in [-0.2, -0.15) is 0 Å². The highest BCUT2D eigenvalue weighted by molar-refractivity contribution is 5.71. The predicted octanol–water partition coefficient (Wildman–Crippen LogP) is 0.156. The lowest BCUT2D eigenvalue weighted by molar-refractivity contribution is -0.149. The molecule has 0 bridgehead atoms. The molecule has 10 heteroatoms. The number of hydrogen-bond donors (Lipinski definition) is 2. The predicted molar refractivity (Wildman–Crippen MR) is 106 cm³/mol. The molecule has 0 spiro atoms. The van der Waals surface area contributed by atoms with E-state index in [4.69, 9.17) is 24.4 Å². The molecule has 2 saturated heterocycles. The maximum atomic E-state index is 11.6. The van der Waals surface area contributed by atoms with E-state index < -0.39 is 17.9 Å². The van der Waals surface area contributed by atoms with E-state index in [0.29, 0.717) is 58.8 Å². The Kier molecular flexibility index (Phi) is 11.1. The van der Waals surface area contributed by atoms with Crippen molar-refractivity contribution in [3.63, 3.8) is 0 Å². The van der Waals surface area contributed by atoms with Gasteiger partial charge in [0.2, 0.25) is 0 Å². The van der Waals surface area contributed by atoms with Crippen molar-refractivity contribution in [3.8, 4) is 0 Å². The first-order chi connectivity index (χ1) is 14.5. The summed E-state index contributed by atoms with van der Waals surface area (Å²) >= 11 is 0. The zero-order valence-electron chi connectivity index (χ0n) is 17.5. The molecular formula is C20H34N2O8. The Morgan fingerprint density at radius 1 is 0.767 bits per heavy atom. The summed E-state index contributed by atoms with van der Waals surface area (Å²) in [6.07, 6.45) is 2.89. The fraction of sp³-hybridized carbons (Fsp3) is 0.850. The second-order valence-electron chi connectivity index (χ2n) is 7.84. The Morgan fingerprint density at radius 2 is 1.30 bits per heavy atom. The van der Waals surface area contributed by atoms with Gasteiger partial charge in [-0.25, -0.2) is 4.79 Å². The molecule has 2 rings (SSSR count). The van der Waals surface area contributed by atoms with Gasteiger partial charge in [-0.15, -0.1) is 0 Å². The Hall–Kier alpha value is -1.75. The quantitative estimate of drug-likeness (QED) is 0.274. The van der Waals surface area contributed by atoms with Crippen LogP contribution in [0.25, 0.3) is 0 Å². The van der Waals surface area contributed by atoms with Crippen LogP contribution >= 0.6 is 0 Å². The van der Waals surface area contributed by atoms with E-state index >= 15 is 0 Å². The minimum absolute atomic E-state index is 0.113. The Labute approximate surface area is 177 Å². The van der Waals surface area contributed by atoms with E-state index in [9.17, 15) is 14.4 Å². The molecule has 0 radical (unpaired) electrons. The van der Waals surface area contributed by atoms with Gasteiger partial charge in [0.1, 0.15) is 6.61 Å². The van der Waals surface area contributed by atoms with E-state index in [-0.39, 0.29) is 18.4 Å². The first kappa shape index (κ1) is 24.5. The smallest absolute Gasteiger partial charge is 0.332 e. The average Bonchev–Trinajstić information content (AvgIpc) is 3.37. The molecule has 2 fully saturated rings. The van der Waals surface area contributed by atoms with Crippen LogP contribution in [0.3, 0.4) is 0 Å². The molecule has 2 aliphatic rings. The SMILES string of the molecule is O=C(COCCOCCCN1CCC(C(=O)O)C1)OCCCN1CCC(C(=O)O)C1. The van der Waals surface area contributed by atoms with Crippen molar-refractivity contribution >= 4 is 17.9 Å². The Morgan fingerprint density at radius 3 is 1.83 bits per heavy atom. The van der Waals surface area contributed by atoms with Gasteiger partial charge in [-0.05, 0) is 38.8 Å². The van der Waals surface area contributed by atoms with Crippen molar-refractivity contribution in [3.05, 3.63) is 0 Å². The first-order valence-corrected chi connectivity index (χ1v) is 10.7. The summed E-state index contributed by atoms with van der Waals surface area (Å²) in [4.78, 5) is 37.7.